The molecule has 1 aromatic heterocycles. The highest BCUT2D eigenvalue weighted by Gasteiger charge is 2.18. The minimum atomic E-state index is 0.408. The fraction of sp³-hybridized carbons (Fsp3) is 0.375. The predicted molar refractivity (Wildman–Crippen MR) is 85.1 cm³/mol. The number of rotatable bonds is 4. The molecule has 0 spiro atoms. The van der Waals surface area contributed by atoms with Gasteiger partial charge >= 0.3 is 0 Å². The summed E-state index contributed by atoms with van der Waals surface area (Å²) in [5.74, 6) is 7.77. The van der Waals surface area contributed by atoms with Crippen molar-refractivity contribution in [1.82, 2.24) is 9.97 Å². The molecule has 1 aliphatic rings. The number of aromatic nitrogens is 2. The standard InChI is InChI=1S/C16H21N5/c1-2-14-19-15(10-16(20-14)21-17)18-13-8-7-11-5-3-4-6-12(11)9-13/h3-6,10,13H,2,7-9,17H2,1H3,(H2,18,19,20,21). The highest BCUT2D eigenvalue weighted by molar-refractivity contribution is 5.48. The van der Waals surface area contributed by atoms with E-state index in [4.69, 9.17) is 5.84 Å². The summed E-state index contributed by atoms with van der Waals surface area (Å²) in [6.45, 7) is 2.04. The second kappa shape index (κ2) is 6.10. The number of nitrogens with one attached hydrogen (secondary N) is 2. The van der Waals surface area contributed by atoms with E-state index in [-0.39, 0.29) is 0 Å². The Labute approximate surface area is 125 Å². The molecule has 1 aromatic carbocycles. The third-order valence-corrected chi connectivity index (χ3v) is 3.94. The summed E-state index contributed by atoms with van der Waals surface area (Å²) in [5, 5.41) is 3.52. The lowest BCUT2D eigenvalue weighted by Crippen LogP contribution is -2.28. The molecule has 1 aliphatic carbocycles. The van der Waals surface area contributed by atoms with Gasteiger partial charge in [-0.15, -0.1) is 0 Å². The summed E-state index contributed by atoms with van der Waals surface area (Å²) in [5.41, 5.74) is 5.51. The second-order valence-corrected chi connectivity index (χ2v) is 5.41. The molecule has 0 aliphatic heterocycles. The third kappa shape index (κ3) is 3.13. The van der Waals surface area contributed by atoms with Crippen molar-refractivity contribution in [3.8, 4) is 0 Å². The molecule has 3 rings (SSSR count). The lowest BCUT2D eigenvalue weighted by molar-refractivity contribution is 0.608. The van der Waals surface area contributed by atoms with Crippen molar-refractivity contribution in [3.05, 3.63) is 47.3 Å². The van der Waals surface area contributed by atoms with Gasteiger partial charge in [0.05, 0.1) is 0 Å². The Morgan fingerprint density at radius 2 is 1.95 bits per heavy atom. The minimum absolute atomic E-state index is 0.408. The molecular formula is C16H21N5. The molecule has 110 valence electrons. The predicted octanol–water partition coefficient (Wildman–Crippen LogP) is 2.29. The number of nitrogens with two attached hydrogens (primary N) is 1. The van der Waals surface area contributed by atoms with Gasteiger partial charge in [0, 0.05) is 18.5 Å². The number of hydrazine groups is 1. The summed E-state index contributed by atoms with van der Waals surface area (Å²) in [6.07, 6.45) is 4.06. The van der Waals surface area contributed by atoms with E-state index in [1.54, 1.807) is 0 Å². The van der Waals surface area contributed by atoms with Crippen LogP contribution in [0.15, 0.2) is 30.3 Å². The highest BCUT2D eigenvalue weighted by atomic mass is 15.3. The van der Waals surface area contributed by atoms with Crippen LogP contribution in [0.1, 0.15) is 30.3 Å². The van der Waals surface area contributed by atoms with E-state index in [0.717, 1.165) is 37.3 Å². The first-order valence-corrected chi connectivity index (χ1v) is 7.46. The van der Waals surface area contributed by atoms with Crippen molar-refractivity contribution in [3.63, 3.8) is 0 Å². The molecular weight excluding hydrogens is 262 g/mol. The van der Waals surface area contributed by atoms with Crippen molar-refractivity contribution >= 4 is 11.6 Å². The van der Waals surface area contributed by atoms with Crippen molar-refractivity contribution in [2.45, 2.75) is 38.6 Å². The average molecular weight is 283 g/mol. The molecule has 0 fully saturated rings. The number of anilines is 2. The van der Waals surface area contributed by atoms with Crippen LogP contribution in [0.25, 0.3) is 0 Å². The summed E-state index contributed by atoms with van der Waals surface area (Å²) in [4.78, 5) is 8.84. The number of hydrogen-bond acceptors (Lipinski definition) is 5. The molecule has 0 radical (unpaired) electrons. The van der Waals surface area contributed by atoms with Gasteiger partial charge in [0.25, 0.3) is 0 Å². The highest BCUT2D eigenvalue weighted by Crippen LogP contribution is 2.23. The smallest absolute Gasteiger partial charge is 0.145 e. The summed E-state index contributed by atoms with van der Waals surface area (Å²) in [6, 6.07) is 10.9. The minimum Gasteiger partial charge on any atom is -0.367 e. The van der Waals surface area contributed by atoms with Gasteiger partial charge in [0.15, 0.2) is 0 Å². The van der Waals surface area contributed by atoms with E-state index in [9.17, 15) is 0 Å². The van der Waals surface area contributed by atoms with Gasteiger partial charge in [0.2, 0.25) is 0 Å². The monoisotopic (exact) mass is 283 g/mol. The van der Waals surface area contributed by atoms with Crippen LogP contribution in [-0.4, -0.2) is 16.0 Å². The quantitative estimate of drug-likeness (QED) is 0.593. The van der Waals surface area contributed by atoms with Crippen LogP contribution in [0, 0.1) is 0 Å². The number of hydrogen-bond donors (Lipinski definition) is 3. The molecule has 2 aromatic rings. The fourth-order valence-electron chi connectivity index (χ4n) is 2.83. The zero-order valence-corrected chi connectivity index (χ0v) is 12.3. The van der Waals surface area contributed by atoms with Gasteiger partial charge in [-0.25, -0.2) is 15.8 Å². The van der Waals surface area contributed by atoms with Crippen LogP contribution in [0.3, 0.4) is 0 Å². The first-order chi connectivity index (χ1) is 10.3. The Morgan fingerprint density at radius 3 is 2.71 bits per heavy atom. The zero-order valence-electron chi connectivity index (χ0n) is 12.3. The van der Waals surface area contributed by atoms with E-state index in [0.29, 0.717) is 11.9 Å². The Morgan fingerprint density at radius 1 is 1.19 bits per heavy atom. The van der Waals surface area contributed by atoms with Crippen molar-refractivity contribution in [2.24, 2.45) is 5.84 Å². The SMILES string of the molecule is CCc1nc(NN)cc(NC2CCc3ccccc3C2)n1. The molecule has 5 nitrogen and oxygen atoms in total. The van der Waals surface area contributed by atoms with Crippen LogP contribution in [0.5, 0.6) is 0 Å². The van der Waals surface area contributed by atoms with Gasteiger partial charge in [-0.3, -0.25) is 0 Å². The molecule has 0 bridgehead atoms. The maximum absolute atomic E-state index is 5.47. The van der Waals surface area contributed by atoms with Crippen LogP contribution < -0.4 is 16.6 Å². The van der Waals surface area contributed by atoms with Crippen LogP contribution in [-0.2, 0) is 19.3 Å². The molecule has 21 heavy (non-hydrogen) atoms. The number of nitrogen functional groups attached to an aromatic ring is 1. The van der Waals surface area contributed by atoms with Gasteiger partial charge < -0.3 is 10.7 Å². The van der Waals surface area contributed by atoms with E-state index >= 15 is 0 Å². The largest absolute Gasteiger partial charge is 0.367 e. The molecule has 0 saturated carbocycles. The molecule has 1 heterocycles. The average Bonchev–Trinajstić information content (AvgIpc) is 2.54. The lowest BCUT2D eigenvalue weighted by Gasteiger charge is -2.26. The van der Waals surface area contributed by atoms with Crippen molar-refractivity contribution in [2.75, 3.05) is 10.7 Å². The summed E-state index contributed by atoms with van der Waals surface area (Å²) >= 11 is 0. The van der Waals surface area contributed by atoms with Crippen LogP contribution in [0.2, 0.25) is 0 Å². The zero-order chi connectivity index (χ0) is 14.7. The molecule has 1 atom stereocenters. The number of fused-ring (bicyclic) bond motifs is 1. The van der Waals surface area contributed by atoms with Crippen LogP contribution in [0.4, 0.5) is 11.6 Å². The Hall–Kier alpha value is -2.14. The second-order valence-electron chi connectivity index (χ2n) is 5.41. The summed E-state index contributed by atoms with van der Waals surface area (Å²) in [7, 11) is 0. The molecule has 0 amide bonds. The molecule has 1 unspecified atom stereocenters. The number of aryl methyl sites for hydroxylation is 2. The topological polar surface area (TPSA) is 75.9 Å². The number of benzene rings is 1. The van der Waals surface area contributed by atoms with Gasteiger partial charge in [0.1, 0.15) is 17.5 Å². The van der Waals surface area contributed by atoms with Gasteiger partial charge in [-0.2, -0.15) is 0 Å². The first-order valence-electron chi connectivity index (χ1n) is 7.46. The molecule has 0 saturated heterocycles. The van der Waals surface area contributed by atoms with E-state index in [2.05, 4.69) is 45.0 Å². The Kier molecular flexibility index (Phi) is 4.01. The molecule has 5 heteroatoms. The van der Waals surface area contributed by atoms with Crippen molar-refractivity contribution in [1.29, 1.82) is 0 Å². The van der Waals surface area contributed by atoms with E-state index in [1.807, 2.05) is 13.0 Å². The normalized spacial score (nSPS) is 17.1. The fourth-order valence-corrected chi connectivity index (χ4v) is 2.83. The van der Waals surface area contributed by atoms with Crippen molar-refractivity contribution < 1.29 is 0 Å². The maximum Gasteiger partial charge on any atom is 0.145 e. The van der Waals surface area contributed by atoms with E-state index in [1.165, 1.54) is 11.1 Å². The Bertz CT molecular complexity index is 604. The third-order valence-electron chi connectivity index (χ3n) is 3.94. The number of nitrogens with zero attached hydrogens (tertiary/aromatic N) is 2. The molecule has 4 N–H and O–H groups in total. The van der Waals surface area contributed by atoms with E-state index < -0.39 is 0 Å². The van der Waals surface area contributed by atoms with Gasteiger partial charge in [-0.1, -0.05) is 31.2 Å². The summed E-state index contributed by atoms with van der Waals surface area (Å²) < 4.78 is 0. The van der Waals surface area contributed by atoms with Crippen LogP contribution >= 0.6 is 0 Å². The maximum atomic E-state index is 5.47. The lowest BCUT2D eigenvalue weighted by atomic mass is 9.88. The first kappa shape index (κ1) is 13.8. The Balaban J connectivity index is 1.76. The van der Waals surface area contributed by atoms with Gasteiger partial charge in [-0.05, 0) is 30.4 Å².